The maximum Gasteiger partial charge on any atom is 0.262 e. The van der Waals surface area contributed by atoms with Gasteiger partial charge in [0.25, 0.3) is 11.8 Å². The SMILES string of the molecule is O=C(c1ccccc1)C1CCCN1C(=O)CN1C(=O)c2ccccc2C1=O. The smallest absolute Gasteiger partial charge is 0.262 e. The lowest BCUT2D eigenvalue weighted by molar-refractivity contribution is -0.131. The van der Waals surface area contributed by atoms with E-state index < -0.39 is 17.9 Å². The van der Waals surface area contributed by atoms with Crippen LogP contribution in [0.1, 0.15) is 43.9 Å². The summed E-state index contributed by atoms with van der Waals surface area (Å²) in [5.74, 6) is -1.41. The zero-order chi connectivity index (χ0) is 19.0. The number of amides is 3. The van der Waals surface area contributed by atoms with Crippen LogP contribution in [0.3, 0.4) is 0 Å². The number of hydrogen-bond acceptors (Lipinski definition) is 4. The molecule has 2 aliphatic heterocycles. The standard InChI is InChI=1S/C21H18N2O4/c24-18(13-23-20(26)15-9-4-5-10-16(15)21(23)27)22-12-6-11-17(22)19(25)14-7-2-1-3-8-14/h1-5,7-10,17H,6,11-13H2. The number of Topliss-reactive ketones (excluding diaryl/α,β-unsaturated/α-hetero) is 1. The van der Waals surface area contributed by atoms with E-state index in [-0.39, 0.29) is 18.2 Å². The topological polar surface area (TPSA) is 74.8 Å². The van der Waals surface area contributed by atoms with Crippen LogP contribution in [0.4, 0.5) is 0 Å². The average Bonchev–Trinajstić information content (AvgIpc) is 3.28. The van der Waals surface area contributed by atoms with Gasteiger partial charge in [-0.3, -0.25) is 24.1 Å². The molecule has 0 N–H and O–H groups in total. The number of carbonyl (C=O) groups is 4. The Morgan fingerprint density at radius 2 is 1.48 bits per heavy atom. The molecule has 2 aromatic rings. The van der Waals surface area contributed by atoms with Gasteiger partial charge in [0.15, 0.2) is 5.78 Å². The number of ketones is 1. The van der Waals surface area contributed by atoms with Gasteiger partial charge in [0, 0.05) is 12.1 Å². The quantitative estimate of drug-likeness (QED) is 0.617. The van der Waals surface area contributed by atoms with Crippen LogP contribution in [-0.2, 0) is 4.79 Å². The lowest BCUT2D eigenvalue weighted by Crippen LogP contribution is -2.46. The second-order valence-corrected chi connectivity index (χ2v) is 6.72. The minimum Gasteiger partial charge on any atom is -0.331 e. The number of rotatable bonds is 4. The van der Waals surface area contributed by atoms with E-state index in [1.54, 1.807) is 48.5 Å². The Kier molecular flexibility index (Phi) is 4.32. The molecular formula is C21H18N2O4. The maximum atomic E-state index is 12.8. The lowest BCUT2D eigenvalue weighted by atomic mass is 10.0. The Morgan fingerprint density at radius 3 is 2.11 bits per heavy atom. The van der Waals surface area contributed by atoms with Gasteiger partial charge >= 0.3 is 0 Å². The highest BCUT2D eigenvalue weighted by Gasteiger charge is 2.40. The summed E-state index contributed by atoms with van der Waals surface area (Å²) in [5.41, 5.74) is 1.19. The largest absolute Gasteiger partial charge is 0.331 e. The summed E-state index contributed by atoms with van der Waals surface area (Å²) in [4.78, 5) is 53.0. The average molecular weight is 362 g/mol. The van der Waals surface area contributed by atoms with Crippen LogP contribution in [-0.4, -0.2) is 52.4 Å². The summed E-state index contributed by atoms with van der Waals surface area (Å²) in [5, 5.41) is 0. The van der Waals surface area contributed by atoms with Crippen LogP contribution < -0.4 is 0 Å². The van der Waals surface area contributed by atoms with E-state index in [0.717, 1.165) is 11.3 Å². The van der Waals surface area contributed by atoms with E-state index >= 15 is 0 Å². The minimum absolute atomic E-state index is 0.108. The van der Waals surface area contributed by atoms with Crippen molar-refractivity contribution < 1.29 is 19.2 Å². The van der Waals surface area contributed by atoms with Crippen LogP contribution >= 0.6 is 0 Å². The number of hydrogen-bond donors (Lipinski definition) is 0. The number of carbonyl (C=O) groups excluding carboxylic acids is 4. The Hall–Kier alpha value is -3.28. The molecule has 2 aromatic carbocycles. The summed E-state index contributed by atoms with van der Waals surface area (Å²) in [7, 11) is 0. The molecule has 1 fully saturated rings. The van der Waals surface area contributed by atoms with Gasteiger partial charge in [-0.25, -0.2) is 0 Å². The zero-order valence-electron chi connectivity index (χ0n) is 14.6. The molecule has 0 spiro atoms. The lowest BCUT2D eigenvalue weighted by Gasteiger charge is -2.25. The molecule has 1 unspecified atom stereocenters. The van der Waals surface area contributed by atoms with Crippen molar-refractivity contribution in [3.63, 3.8) is 0 Å². The normalized spacial score (nSPS) is 18.7. The molecule has 2 heterocycles. The molecule has 1 atom stereocenters. The summed E-state index contributed by atoms with van der Waals surface area (Å²) in [6, 6.07) is 14.8. The van der Waals surface area contributed by atoms with Crippen molar-refractivity contribution in [2.75, 3.05) is 13.1 Å². The number of imide groups is 1. The minimum atomic E-state index is -0.546. The molecule has 27 heavy (non-hydrogen) atoms. The van der Waals surface area contributed by atoms with Gasteiger partial charge in [-0.2, -0.15) is 0 Å². The van der Waals surface area contributed by atoms with E-state index in [1.807, 2.05) is 6.07 Å². The third kappa shape index (κ3) is 2.93. The van der Waals surface area contributed by atoms with Crippen molar-refractivity contribution in [3.05, 3.63) is 71.3 Å². The molecule has 0 saturated carbocycles. The van der Waals surface area contributed by atoms with Gasteiger partial charge < -0.3 is 4.90 Å². The first-order valence-electron chi connectivity index (χ1n) is 8.92. The Morgan fingerprint density at radius 1 is 0.889 bits per heavy atom. The number of fused-ring (bicyclic) bond motifs is 1. The van der Waals surface area contributed by atoms with Gasteiger partial charge in [-0.15, -0.1) is 0 Å². The Bertz CT molecular complexity index is 903. The van der Waals surface area contributed by atoms with Crippen molar-refractivity contribution >= 4 is 23.5 Å². The van der Waals surface area contributed by atoms with Crippen molar-refractivity contribution in [3.8, 4) is 0 Å². The third-order valence-electron chi connectivity index (χ3n) is 5.11. The van der Waals surface area contributed by atoms with Crippen LogP contribution in [0.25, 0.3) is 0 Å². The molecule has 136 valence electrons. The van der Waals surface area contributed by atoms with Crippen LogP contribution in [0, 0.1) is 0 Å². The predicted molar refractivity (Wildman–Crippen MR) is 97.3 cm³/mol. The van der Waals surface area contributed by atoms with Crippen LogP contribution in [0.15, 0.2) is 54.6 Å². The first-order chi connectivity index (χ1) is 13.1. The van der Waals surface area contributed by atoms with Gasteiger partial charge in [0.05, 0.1) is 17.2 Å². The third-order valence-corrected chi connectivity index (χ3v) is 5.11. The molecule has 1 saturated heterocycles. The Labute approximate surface area is 156 Å². The first-order valence-corrected chi connectivity index (χ1v) is 8.92. The number of nitrogens with zero attached hydrogens (tertiary/aromatic N) is 2. The maximum absolute atomic E-state index is 12.8. The molecule has 6 nitrogen and oxygen atoms in total. The monoisotopic (exact) mass is 362 g/mol. The highest BCUT2D eigenvalue weighted by Crippen LogP contribution is 2.25. The van der Waals surface area contributed by atoms with E-state index in [4.69, 9.17) is 0 Å². The van der Waals surface area contributed by atoms with Crippen molar-refractivity contribution in [1.29, 1.82) is 0 Å². The second kappa shape index (κ2) is 6.79. The highest BCUT2D eigenvalue weighted by atomic mass is 16.2. The van der Waals surface area contributed by atoms with E-state index in [9.17, 15) is 19.2 Å². The molecule has 0 radical (unpaired) electrons. The van der Waals surface area contributed by atoms with Crippen LogP contribution in [0.5, 0.6) is 0 Å². The fraction of sp³-hybridized carbons (Fsp3) is 0.238. The summed E-state index contributed by atoms with van der Waals surface area (Å²) in [6.45, 7) is 0.107. The fourth-order valence-electron chi connectivity index (χ4n) is 3.74. The van der Waals surface area contributed by atoms with E-state index in [2.05, 4.69) is 0 Å². The molecule has 4 rings (SSSR count). The van der Waals surface area contributed by atoms with E-state index in [1.165, 1.54) is 4.90 Å². The van der Waals surface area contributed by atoms with Gasteiger partial charge in [-0.1, -0.05) is 42.5 Å². The molecular weight excluding hydrogens is 344 g/mol. The van der Waals surface area contributed by atoms with Gasteiger partial charge in [0.2, 0.25) is 5.91 Å². The first kappa shape index (κ1) is 17.1. The van der Waals surface area contributed by atoms with Gasteiger partial charge in [-0.05, 0) is 25.0 Å². The fourth-order valence-corrected chi connectivity index (χ4v) is 3.74. The second-order valence-electron chi connectivity index (χ2n) is 6.72. The van der Waals surface area contributed by atoms with Crippen LogP contribution in [0.2, 0.25) is 0 Å². The molecule has 0 aliphatic carbocycles. The number of likely N-dealkylation sites (tertiary alicyclic amines) is 1. The summed E-state index contributed by atoms with van der Waals surface area (Å²) < 4.78 is 0. The molecule has 0 bridgehead atoms. The highest BCUT2D eigenvalue weighted by molar-refractivity contribution is 6.22. The Balaban J connectivity index is 1.51. The zero-order valence-corrected chi connectivity index (χ0v) is 14.6. The molecule has 0 aromatic heterocycles. The van der Waals surface area contributed by atoms with Crippen molar-refractivity contribution in [2.24, 2.45) is 0 Å². The van der Waals surface area contributed by atoms with Crippen molar-refractivity contribution in [2.45, 2.75) is 18.9 Å². The van der Waals surface area contributed by atoms with E-state index in [0.29, 0.717) is 29.7 Å². The predicted octanol–water partition coefficient (Wildman–Crippen LogP) is 2.16. The number of benzene rings is 2. The molecule has 3 amide bonds. The summed E-state index contributed by atoms with van der Waals surface area (Å²) >= 11 is 0. The molecule has 6 heteroatoms. The van der Waals surface area contributed by atoms with Gasteiger partial charge in [0.1, 0.15) is 6.54 Å². The summed E-state index contributed by atoms with van der Waals surface area (Å²) in [6.07, 6.45) is 1.30. The van der Waals surface area contributed by atoms with Crippen molar-refractivity contribution in [1.82, 2.24) is 9.80 Å². The molecule has 2 aliphatic rings.